The maximum atomic E-state index is 13.5. The van der Waals surface area contributed by atoms with E-state index in [1.54, 1.807) is 18.2 Å². The fourth-order valence-electron chi connectivity index (χ4n) is 2.16. The Bertz CT molecular complexity index is 960. The van der Waals surface area contributed by atoms with Crippen LogP contribution in [0.3, 0.4) is 0 Å². The number of amides is 1. The summed E-state index contributed by atoms with van der Waals surface area (Å²) in [6.45, 7) is -0.621. The zero-order valence-corrected chi connectivity index (χ0v) is 12.8. The highest BCUT2D eigenvalue weighted by Crippen LogP contribution is 2.15. The van der Waals surface area contributed by atoms with Crippen LogP contribution >= 0.6 is 0 Å². The number of fused-ring (bicyclic) bond motifs is 1. The van der Waals surface area contributed by atoms with Gasteiger partial charge in [-0.3, -0.25) is 4.79 Å². The first-order valence-electron chi connectivity index (χ1n) is 7.31. The van der Waals surface area contributed by atoms with Crippen LogP contribution in [-0.2, 0) is 9.53 Å². The fraction of sp³-hybridized carbons (Fsp3) is 0.0556. The number of nitrogens with zero attached hydrogens (tertiary/aromatic N) is 1. The summed E-state index contributed by atoms with van der Waals surface area (Å²) >= 11 is 0. The number of esters is 1. The molecule has 0 atom stereocenters. The molecular weight excluding hydrogens is 330 g/mol. The molecule has 1 N–H and O–H groups in total. The summed E-state index contributed by atoms with van der Waals surface area (Å²) in [6, 6.07) is 13.2. The highest BCUT2D eigenvalue weighted by Gasteiger charge is 2.13. The number of hydrogen-bond donors (Lipinski definition) is 1. The lowest BCUT2D eigenvalue weighted by atomic mass is 10.2. The normalized spacial score (nSPS) is 10.5. The van der Waals surface area contributed by atoms with Crippen molar-refractivity contribution < 1.29 is 23.1 Å². The molecule has 3 aromatic rings. The Balaban J connectivity index is 1.61. The topological polar surface area (TPSA) is 68.3 Å². The van der Waals surface area contributed by atoms with Gasteiger partial charge < -0.3 is 10.1 Å². The number of anilines is 1. The van der Waals surface area contributed by atoms with Crippen molar-refractivity contribution in [2.24, 2.45) is 0 Å². The second-order valence-corrected chi connectivity index (χ2v) is 5.14. The third-order valence-electron chi connectivity index (χ3n) is 3.35. The van der Waals surface area contributed by atoms with Crippen LogP contribution in [0.25, 0.3) is 10.9 Å². The summed E-state index contributed by atoms with van der Waals surface area (Å²) in [4.78, 5) is 27.9. The molecule has 1 amide bonds. The zero-order valence-electron chi connectivity index (χ0n) is 12.8. The third-order valence-corrected chi connectivity index (χ3v) is 3.35. The standard InChI is InChI=1S/C18H12F2N2O3/c19-12-6-8-15(13(20)9-12)22-17(23)10-25-18(24)16-7-5-11-3-1-2-4-14(11)21-16/h1-9H,10H2,(H,22,23). The van der Waals surface area contributed by atoms with Gasteiger partial charge in [0.05, 0.1) is 11.2 Å². The number of carbonyl (C=O) groups is 2. The lowest BCUT2D eigenvalue weighted by Gasteiger charge is -2.07. The third kappa shape index (κ3) is 3.95. The molecule has 0 fully saturated rings. The van der Waals surface area contributed by atoms with E-state index < -0.39 is 30.1 Å². The van der Waals surface area contributed by atoms with Crippen LogP contribution in [0, 0.1) is 11.6 Å². The maximum Gasteiger partial charge on any atom is 0.357 e. The average Bonchev–Trinajstić information content (AvgIpc) is 2.61. The molecule has 0 aliphatic rings. The highest BCUT2D eigenvalue weighted by atomic mass is 19.1. The number of nitrogens with one attached hydrogen (secondary N) is 1. The van der Waals surface area contributed by atoms with Crippen molar-refractivity contribution >= 4 is 28.5 Å². The van der Waals surface area contributed by atoms with Gasteiger partial charge in [0, 0.05) is 11.5 Å². The minimum absolute atomic E-state index is 0.0551. The van der Waals surface area contributed by atoms with Crippen molar-refractivity contribution in [2.45, 2.75) is 0 Å². The lowest BCUT2D eigenvalue weighted by molar-refractivity contribution is -0.119. The number of benzene rings is 2. The number of pyridine rings is 1. The maximum absolute atomic E-state index is 13.5. The number of carbonyl (C=O) groups excluding carboxylic acids is 2. The Kier molecular flexibility index (Phi) is 4.65. The summed E-state index contributed by atoms with van der Waals surface area (Å²) in [6.07, 6.45) is 0. The number of para-hydroxylation sites is 1. The van der Waals surface area contributed by atoms with Crippen molar-refractivity contribution in [3.05, 3.63) is 71.9 Å². The summed E-state index contributed by atoms with van der Waals surface area (Å²) < 4.78 is 31.1. The van der Waals surface area contributed by atoms with Crippen LogP contribution in [0.15, 0.2) is 54.6 Å². The van der Waals surface area contributed by atoms with Gasteiger partial charge in [-0.1, -0.05) is 24.3 Å². The van der Waals surface area contributed by atoms with Crippen molar-refractivity contribution in [2.75, 3.05) is 11.9 Å². The van der Waals surface area contributed by atoms with Gasteiger partial charge in [-0.05, 0) is 24.3 Å². The van der Waals surface area contributed by atoms with Crippen molar-refractivity contribution in [3.8, 4) is 0 Å². The molecule has 1 heterocycles. The zero-order chi connectivity index (χ0) is 17.8. The molecule has 0 aliphatic heterocycles. The van der Waals surface area contributed by atoms with Gasteiger partial charge in [0.15, 0.2) is 6.61 Å². The largest absolute Gasteiger partial charge is 0.451 e. The van der Waals surface area contributed by atoms with E-state index in [0.717, 1.165) is 17.5 Å². The molecule has 0 unspecified atom stereocenters. The lowest BCUT2D eigenvalue weighted by Crippen LogP contribution is -2.21. The number of hydrogen-bond acceptors (Lipinski definition) is 4. The minimum Gasteiger partial charge on any atom is -0.451 e. The molecule has 0 aliphatic carbocycles. The summed E-state index contributed by atoms with van der Waals surface area (Å²) in [5.41, 5.74) is 0.473. The van der Waals surface area contributed by atoms with Gasteiger partial charge in [0.25, 0.3) is 5.91 Å². The predicted octanol–water partition coefficient (Wildman–Crippen LogP) is 3.31. The second-order valence-electron chi connectivity index (χ2n) is 5.14. The van der Waals surface area contributed by atoms with E-state index in [0.29, 0.717) is 11.6 Å². The van der Waals surface area contributed by atoms with Crippen LogP contribution in [0.5, 0.6) is 0 Å². The molecule has 5 nitrogen and oxygen atoms in total. The molecule has 0 spiro atoms. The van der Waals surface area contributed by atoms with Crippen molar-refractivity contribution in [1.82, 2.24) is 4.98 Å². The Morgan fingerprint density at radius 2 is 1.84 bits per heavy atom. The first-order chi connectivity index (χ1) is 12.0. The summed E-state index contributed by atoms with van der Waals surface area (Å²) in [7, 11) is 0. The van der Waals surface area contributed by atoms with E-state index >= 15 is 0 Å². The quantitative estimate of drug-likeness (QED) is 0.739. The van der Waals surface area contributed by atoms with E-state index in [4.69, 9.17) is 4.74 Å². The van der Waals surface area contributed by atoms with E-state index in [1.165, 1.54) is 6.07 Å². The Labute approximate surface area is 141 Å². The molecular formula is C18H12F2N2O3. The molecule has 7 heteroatoms. The Morgan fingerprint density at radius 1 is 1.04 bits per heavy atom. The molecule has 126 valence electrons. The molecule has 0 saturated heterocycles. The fourth-order valence-corrected chi connectivity index (χ4v) is 2.16. The Hall–Kier alpha value is -3.35. The molecule has 0 radical (unpaired) electrons. The van der Waals surface area contributed by atoms with Crippen LogP contribution < -0.4 is 5.32 Å². The average molecular weight is 342 g/mol. The van der Waals surface area contributed by atoms with Crippen molar-refractivity contribution in [3.63, 3.8) is 0 Å². The molecule has 0 bridgehead atoms. The summed E-state index contributed by atoms with van der Waals surface area (Å²) in [5.74, 6) is -3.21. The number of aromatic nitrogens is 1. The molecule has 2 aromatic carbocycles. The number of ether oxygens (including phenoxy) is 1. The summed E-state index contributed by atoms with van der Waals surface area (Å²) in [5, 5.41) is 3.06. The molecule has 0 saturated carbocycles. The van der Waals surface area contributed by atoms with Gasteiger partial charge >= 0.3 is 5.97 Å². The predicted molar refractivity (Wildman–Crippen MR) is 87.0 cm³/mol. The van der Waals surface area contributed by atoms with Crippen LogP contribution in [0.1, 0.15) is 10.5 Å². The van der Waals surface area contributed by atoms with Crippen LogP contribution in [0.4, 0.5) is 14.5 Å². The smallest absolute Gasteiger partial charge is 0.357 e. The second kappa shape index (κ2) is 7.04. The molecule has 3 rings (SSSR count). The highest BCUT2D eigenvalue weighted by molar-refractivity contribution is 5.95. The van der Waals surface area contributed by atoms with Gasteiger partial charge in [0.1, 0.15) is 17.3 Å². The van der Waals surface area contributed by atoms with Crippen LogP contribution in [0.2, 0.25) is 0 Å². The first-order valence-corrected chi connectivity index (χ1v) is 7.31. The van der Waals surface area contributed by atoms with E-state index in [1.807, 2.05) is 12.1 Å². The van der Waals surface area contributed by atoms with Crippen LogP contribution in [-0.4, -0.2) is 23.5 Å². The van der Waals surface area contributed by atoms with Gasteiger partial charge in [0.2, 0.25) is 0 Å². The SMILES string of the molecule is O=C(COC(=O)c1ccc2ccccc2n1)Nc1ccc(F)cc1F. The monoisotopic (exact) mass is 342 g/mol. The van der Waals surface area contributed by atoms with E-state index in [9.17, 15) is 18.4 Å². The Morgan fingerprint density at radius 3 is 2.64 bits per heavy atom. The number of rotatable bonds is 4. The van der Waals surface area contributed by atoms with Gasteiger partial charge in [-0.25, -0.2) is 18.6 Å². The minimum atomic E-state index is -0.920. The molecule has 25 heavy (non-hydrogen) atoms. The van der Waals surface area contributed by atoms with E-state index in [-0.39, 0.29) is 11.4 Å². The van der Waals surface area contributed by atoms with Crippen molar-refractivity contribution in [1.29, 1.82) is 0 Å². The first kappa shape index (κ1) is 16.5. The van der Waals surface area contributed by atoms with E-state index in [2.05, 4.69) is 10.3 Å². The van der Waals surface area contributed by atoms with Gasteiger partial charge in [-0.15, -0.1) is 0 Å². The number of halogens is 2. The molecule has 1 aromatic heterocycles. The van der Waals surface area contributed by atoms with Gasteiger partial charge in [-0.2, -0.15) is 0 Å².